The topological polar surface area (TPSA) is 46.1 Å². The van der Waals surface area contributed by atoms with E-state index in [1.165, 1.54) is 0 Å². The largest absolute Gasteiger partial charge is 0.281 e. The fraction of sp³-hybridized carbons (Fsp3) is 0.500. The van der Waals surface area contributed by atoms with Crippen molar-refractivity contribution >= 4 is 11.9 Å². The summed E-state index contributed by atoms with van der Waals surface area (Å²) in [6, 6.07) is 0. The van der Waals surface area contributed by atoms with Gasteiger partial charge in [0.05, 0.1) is 0 Å². The summed E-state index contributed by atoms with van der Waals surface area (Å²) in [5.74, 6) is 0.684. The van der Waals surface area contributed by atoms with Crippen molar-refractivity contribution in [1.29, 1.82) is 0 Å². The minimum atomic E-state index is 0.133. The number of hydrogen-bond donors (Lipinski definition) is 0. The number of amides is 1. The first-order chi connectivity index (χ1) is 6.68. The van der Waals surface area contributed by atoms with E-state index >= 15 is 0 Å². The molecule has 1 aliphatic rings. The van der Waals surface area contributed by atoms with Gasteiger partial charge in [0.15, 0.2) is 0 Å². The molecule has 1 aromatic heterocycles. The summed E-state index contributed by atoms with van der Waals surface area (Å²) in [4.78, 5) is 21.5. The van der Waals surface area contributed by atoms with Gasteiger partial charge < -0.3 is 0 Å². The zero-order chi connectivity index (χ0) is 10.1. The van der Waals surface area contributed by atoms with Crippen molar-refractivity contribution in [2.45, 2.75) is 26.7 Å². The quantitative estimate of drug-likeness (QED) is 0.670. The van der Waals surface area contributed by atoms with Gasteiger partial charge >= 0.3 is 0 Å². The summed E-state index contributed by atoms with van der Waals surface area (Å²) in [6.07, 6.45) is 3.30. The molecule has 0 bridgehead atoms. The van der Waals surface area contributed by atoms with Crippen LogP contribution in [0.25, 0.3) is 0 Å². The van der Waals surface area contributed by atoms with Gasteiger partial charge in [-0.3, -0.25) is 9.69 Å². The molecule has 1 fully saturated rings. The van der Waals surface area contributed by atoms with Gasteiger partial charge in [-0.2, -0.15) is 0 Å². The molecule has 4 heteroatoms. The normalized spacial score (nSPS) is 16.4. The first-order valence-electron chi connectivity index (χ1n) is 4.79. The molecule has 0 radical (unpaired) electrons. The fourth-order valence-electron chi connectivity index (χ4n) is 1.50. The molecular weight excluding hydrogens is 178 g/mol. The standard InChI is InChI=1S/C10H13N3O/c1-7-6-11-10(12-8(7)2)13-5-3-4-9(13)14/h6H,3-5H2,1-2H3. The first kappa shape index (κ1) is 9.12. The molecule has 2 rings (SSSR count). The van der Waals surface area contributed by atoms with Crippen LogP contribution in [0.1, 0.15) is 24.1 Å². The Hall–Kier alpha value is -1.45. The summed E-state index contributed by atoms with van der Waals surface area (Å²) in [6.45, 7) is 4.65. The second-order valence-corrected chi connectivity index (χ2v) is 3.59. The highest BCUT2D eigenvalue weighted by Crippen LogP contribution is 2.17. The lowest BCUT2D eigenvalue weighted by Crippen LogP contribution is -2.26. The van der Waals surface area contributed by atoms with E-state index in [4.69, 9.17) is 0 Å². The van der Waals surface area contributed by atoms with E-state index in [-0.39, 0.29) is 5.91 Å². The van der Waals surface area contributed by atoms with E-state index in [9.17, 15) is 4.79 Å². The Morgan fingerprint density at radius 1 is 1.43 bits per heavy atom. The highest BCUT2D eigenvalue weighted by molar-refractivity contribution is 5.93. The average Bonchev–Trinajstić information content (AvgIpc) is 2.57. The van der Waals surface area contributed by atoms with Gasteiger partial charge in [-0.1, -0.05) is 0 Å². The number of aromatic nitrogens is 2. The number of carbonyl (C=O) groups excluding carboxylic acids is 1. The average molecular weight is 191 g/mol. The number of rotatable bonds is 1. The van der Waals surface area contributed by atoms with Crippen LogP contribution in [0.4, 0.5) is 5.95 Å². The van der Waals surface area contributed by atoms with E-state index in [0.29, 0.717) is 12.4 Å². The Morgan fingerprint density at radius 2 is 2.21 bits per heavy atom. The molecule has 1 saturated heterocycles. The van der Waals surface area contributed by atoms with Crippen LogP contribution in [-0.4, -0.2) is 22.4 Å². The summed E-state index contributed by atoms with van der Waals surface area (Å²) in [5.41, 5.74) is 2.00. The summed E-state index contributed by atoms with van der Waals surface area (Å²) < 4.78 is 0. The lowest BCUT2D eigenvalue weighted by Gasteiger charge is -2.13. The SMILES string of the molecule is Cc1cnc(N2CCCC2=O)nc1C. The predicted octanol–water partition coefficient (Wildman–Crippen LogP) is 1.22. The lowest BCUT2D eigenvalue weighted by atomic mass is 10.3. The van der Waals surface area contributed by atoms with Crippen molar-refractivity contribution in [3.05, 3.63) is 17.5 Å². The van der Waals surface area contributed by atoms with Crippen LogP contribution in [0.5, 0.6) is 0 Å². The smallest absolute Gasteiger partial charge is 0.232 e. The van der Waals surface area contributed by atoms with E-state index in [1.54, 1.807) is 11.1 Å². The first-order valence-corrected chi connectivity index (χ1v) is 4.79. The van der Waals surface area contributed by atoms with E-state index < -0.39 is 0 Å². The van der Waals surface area contributed by atoms with Gasteiger partial charge in [0, 0.05) is 24.9 Å². The van der Waals surface area contributed by atoms with Gasteiger partial charge in [-0.05, 0) is 25.8 Å². The van der Waals surface area contributed by atoms with Crippen LogP contribution in [0, 0.1) is 13.8 Å². The molecule has 4 nitrogen and oxygen atoms in total. The highest BCUT2D eigenvalue weighted by Gasteiger charge is 2.23. The van der Waals surface area contributed by atoms with Crippen LogP contribution >= 0.6 is 0 Å². The summed E-state index contributed by atoms with van der Waals surface area (Å²) >= 11 is 0. The van der Waals surface area contributed by atoms with Crippen molar-refractivity contribution in [2.75, 3.05) is 11.4 Å². The van der Waals surface area contributed by atoms with Crippen molar-refractivity contribution < 1.29 is 4.79 Å². The predicted molar refractivity (Wildman–Crippen MR) is 53.1 cm³/mol. The maximum atomic E-state index is 11.4. The van der Waals surface area contributed by atoms with Gasteiger partial charge in [0.2, 0.25) is 11.9 Å². The maximum Gasteiger partial charge on any atom is 0.232 e. The Labute approximate surface area is 83.0 Å². The van der Waals surface area contributed by atoms with Crippen molar-refractivity contribution in [3.8, 4) is 0 Å². The zero-order valence-electron chi connectivity index (χ0n) is 8.45. The van der Waals surface area contributed by atoms with Crippen LogP contribution in [-0.2, 0) is 4.79 Å². The Balaban J connectivity index is 2.32. The van der Waals surface area contributed by atoms with Gasteiger partial charge in [-0.25, -0.2) is 9.97 Å². The van der Waals surface area contributed by atoms with Crippen molar-refractivity contribution in [2.24, 2.45) is 0 Å². The van der Waals surface area contributed by atoms with Crippen LogP contribution in [0.15, 0.2) is 6.20 Å². The van der Waals surface area contributed by atoms with Crippen LogP contribution < -0.4 is 4.90 Å². The highest BCUT2D eigenvalue weighted by atomic mass is 16.2. The van der Waals surface area contributed by atoms with Crippen molar-refractivity contribution in [3.63, 3.8) is 0 Å². The van der Waals surface area contributed by atoms with Crippen molar-refractivity contribution in [1.82, 2.24) is 9.97 Å². The number of nitrogens with zero attached hydrogens (tertiary/aromatic N) is 3. The monoisotopic (exact) mass is 191 g/mol. The van der Waals surface area contributed by atoms with Gasteiger partial charge in [0.25, 0.3) is 0 Å². The molecule has 0 spiro atoms. The summed E-state index contributed by atoms with van der Waals surface area (Å²) in [7, 11) is 0. The number of anilines is 1. The number of hydrogen-bond acceptors (Lipinski definition) is 3. The molecule has 1 amide bonds. The molecule has 0 N–H and O–H groups in total. The van der Waals surface area contributed by atoms with E-state index in [2.05, 4.69) is 9.97 Å². The Bertz CT molecular complexity index is 376. The minimum absolute atomic E-state index is 0.133. The second-order valence-electron chi connectivity index (χ2n) is 3.59. The van der Waals surface area contributed by atoms with E-state index in [0.717, 1.165) is 24.2 Å². The number of aryl methyl sites for hydroxylation is 2. The molecule has 2 heterocycles. The third kappa shape index (κ3) is 1.47. The molecule has 0 saturated carbocycles. The molecular formula is C10H13N3O. The molecule has 14 heavy (non-hydrogen) atoms. The Morgan fingerprint density at radius 3 is 2.79 bits per heavy atom. The van der Waals surface area contributed by atoms with Gasteiger partial charge in [0.1, 0.15) is 0 Å². The van der Waals surface area contributed by atoms with Crippen LogP contribution in [0.2, 0.25) is 0 Å². The molecule has 74 valence electrons. The molecule has 1 aromatic rings. The number of carbonyl (C=O) groups is 1. The molecule has 0 unspecified atom stereocenters. The fourth-order valence-corrected chi connectivity index (χ4v) is 1.50. The third-order valence-corrected chi connectivity index (χ3v) is 2.53. The third-order valence-electron chi connectivity index (χ3n) is 2.53. The Kier molecular flexibility index (Phi) is 2.19. The lowest BCUT2D eigenvalue weighted by molar-refractivity contribution is -0.117. The molecule has 0 atom stereocenters. The molecule has 0 aliphatic carbocycles. The maximum absolute atomic E-state index is 11.4. The van der Waals surface area contributed by atoms with Crippen LogP contribution in [0.3, 0.4) is 0 Å². The van der Waals surface area contributed by atoms with E-state index in [1.807, 2.05) is 13.8 Å². The van der Waals surface area contributed by atoms with Gasteiger partial charge in [-0.15, -0.1) is 0 Å². The summed E-state index contributed by atoms with van der Waals surface area (Å²) in [5, 5.41) is 0. The minimum Gasteiger partial charge on any atom is -0.281 e. The molecule has 0 aromatic carbocycles. The second kappa shape index (κ2) is 3.36. The molecule has 1 aliphatic heterocycles. The zero-order valence-corrected chi connectivity index (χ0v) is 8.45.